The third-order valence-electron chi connectivity index (χ3n) is 9.10. The Hall–Kier alpha value is -6.45. The van der Waals surface area contributed by atoms with Gasteiger partial charge in [0.05, 0.1) is 0 Å². The summed E-state index contributed by atoms with van der Waals surface area (Å²) in [5.74, 6) is 1.95. The Balaban J connectivity index is 1.28. The standard InChI is InChI=1S/C45H29N3/c1-3-16-31(17-4-1)41-36-24-9-11-26-38(36)42(39-27-12-10-25-37(39)41)33-21-13-22-34(29-33)44-46-43(32-18-5-2-6-19-32)47-45(48-44)40-28-14-20-30-15-7-8-23-35(30)40/h1-29H. The maximum Gasteiger partial charge on any atom is 0.164 e. The molecule has 0 aliphatic carbocycles. The fraction of sp³-hybridized carbons (Fsp3) is 0. The Morgan fingerprint density at radius 3 is 1.33 bits per heavy atom. The maximum absolute atomic E-state index is 5.14. The Bertz CT molecular complexity index is 2550. The van der Waals surface area contributed by atoms with E-state index in [0.29, 0.717) is 17.5 Å². The molecular formula is C45H29N3. The van der Waals surface area contributed by atoms with Crippen LogP contribution >= 0.6 is 0 Å². The number of hydrogen-bond acceptors (Lipinski definition) is 3. The molecule has 224 valence electrons. The second-order valence-electron chi connectivity index (χ2n) is 12.0. The second kappa shape index (κ2) is 11.7. The van der Waals surface area contributed by atoms with Crippen molar-refractivity contribution in [2.75, 3.05) is 0 Å². The highest BCUT2D eigenvalue weighted by molar-refractivity contribution is 6.21. The molecular weight excluding hydrogens is 583 g/mol. The summed E-state index contributed by atoms with van der Waals surface area (Å²) in [6, 6.07) is 61.7. The minimum atomic E-state index is 0.642. The van der Waals surface area contributed by atoms with Crippen LogP contribution in [0.3, 0.4) is 0 Å². The summed E-state index contributed by atoms with van der Waals surface area (Å²) in [6.45, 7) is 0. The van der Waals surface area contributed by atoms with E-state index < -0.39 is 0 Å². The molecule has 3 heteroatoms. The summed E-state index contributed by atoms with van der Waals surface area (Å²) in [5, 5.41) is 7.15. The number of benzene rings is 8. The molecule has 0 aliphatic rings. The van der Waals surface area contributed by atoms with E-state index in [4.69, 9.17) is 15.0 Å². The van der Waals surface area contributed by atoms with Gasteiger partial charge in [0.2, 0.25) is 0 Å². The minimum Gasteiger partial charge on any atom is -0.208 e. The Morgan fingerprint density at radius 1 is 0.271 bits per heavy atom. The summed E-state index contributed by atoms with van der Waals surface area (Å²) in [5.41, 5.74) is 7.66. The molecule has 1 aromatic heterocycles. The Morgan fingerprint density at radius 2 is 0.688 bits per heavy atom. The van der Waals surface area contributed by atoms with E-state index in [-0.39, 0.29) is 0 Å². The molecule has 0 amide bonds. The molecule has 48 heavy (non-hydrogen) atoms. The van der Waals surface area contributed by atoms with Gasteiger partial charge in [-0.05, 0) is 60.6 Å². The average Bonchev–Trinajstić information content (AvgIpc) is 3.17. The van der Waals surface area contributed by atoms with Crippen molar-refractivity contribution in [3.8, 4) is 56.4 Å². The predicted molar refractivity (Wildman–Crippen MR) is 200 cm³/mol. The number of nitrogens with zero attached hydrogens (tertiary/aromatic N) is 3. The normalized spacial score (nSPS) is 11.3. The Kier molecular flexibility index (Phi) is 6.80. The van der Waals surface area contributed by atoms with Crippen LogP contribution in [-0.2, 0) is 0 Å². The monoisotopic (exact) mass is 611 g/mol. The van der Waals surface area contributed by atoms with Crippen molar-refractivity contribution in [2.24, 2.45) is 0 Å². The molecule has 0 spiro atoms. The van der Waals surface area contributed by atoms with Crippen molar-refractivity contribution >= 4 is 32.3 Å². The van der Waals surface area contributed by atoms with Gasteiger partial charge in [0.15, 0.2) is 17.5 Å². The highest BCUT2D eigenvalue weighted by Crippen LogP contribution is 2.44. The van der Waals surface area contributed by atoms with Gasteiger partial charge in [0, 0.05) is 16.7 Å². The third kappa shape index (κ3) is 4.81. The molecule has 8 aromatic carbocycles. The van der Waals surface area contributed by atoms with E-state index in [1.54, 1.807) is 0 Å². The molecule has 0 fully saturated rings. The summed E-state index contributed by atoms with van der Waals surface area (Å²) in [4.78, 5) is 15.2. The number of aromatic nitrogens is 3. The first kappa shape index (κ1) is 27.8. The molecule has 1 heterocycles. The van der Waals surface area contributed by atoms with Crippen molar-refractivity contribution in [3.63, 3.8) is 0 Å². The van der Waals surface area contributed by atoms with Gasteiger partial charge in [0.25, 0.3) is 0 Å². The zero-order valence-corrected chi connectivity index (χ0v) is 26.1. The van der Waals surface area contributed by atoms with Crippen molar-refractivity contribution in [2.45, 2.75) is 0 Å². The van der Waals surface area contributed by atoms with Gasteiger partial charge in [-0.3, -0.25) is 0 Å². The molecule has 0 N–H and O–H groups in total. The van der Waals surface area contributed by atoms with Crippen LogP contribution in [0.2, 0.25) is 0 Å². The first-order chi connectivity index (χ1) is 23.8. The van der Waals surface area contributed by atoms with Crippen LogP contribution in [0.4, 0.5) is 0 Å². The summed E-state index contributed by atoms with van der Waals surface area (Å²) in [6.07, 6.45) is 0. The first-order valence-electron chi connectivity index (χ1n) is 16.2. The van der Waals surface area contributed by atoms with E-state index in [2.05, 4.69) is 158 Å². The van der Waals surface area contributed by atoms with Gasteiger partial charge in [-0.25, -0.2) is 15.0 Å². The van der Waals surface area contributed by atoms with Crippen LogP contribution < -0.4 is 0 Å². The molecule has 0 bridgehead atoms. The smallest absolute Gasteiger partial charge is 0.164 e. The van der Waals surface area contributed by atoms with Gasteiger partial charge in [-0.15, -0.1) is 0 Å². The molecule has 0 atom stereocenters. The zero-order chi connectivity index (χ0) is 31.9. The van der Waals surface area contributed by atoms with Gasteiger partial charge in [-0.2, -0.15) is 0 Å². The van der Waals surface area contributed by atoms with Gasteiger partial charge < -0.3 is 0 Å². The lowest BCUT2D eigenvalue weighted by molar-refractivity contribution is 1.08. The topological polar surface area (TPSA) is 38.7 Å². The average molecular weight is 612 g/mol. The third-order valence-corrected chi connectivity index (χ3v) is 9.10. The van der Waals surface area contributed by atoms with Crippen LogP contribution in [0.1, 0.15) is 0 Å². The van der Waals surface area contributed by atoms with Crippen LogP contribution in [0.25, 0.3) is 88.7 Å². The number of hydrogen-bond donors (Lipinski definition) is 0. The molecule has 9 rings (SSSR count). The van der Waals surface area contributed by atoms with Crippen molar-refractivity contribution in [1.29, 1.82) is 0 Å². The van der Waals surface area contributed by atoms with E-state index in [1.807, 2.05) is 18.2 Å². The van der Waals surface area contributed by atoms with Crippen LogP contribution in [0, 0.1) is 0 Å². The first-order valence-corrected chi connectivity index (χ1v) is 16.2. The molecule has 0 aliphatic heterocycles. The lowest BCUT2D eigenvalue weighted by Gasteiger charge is -2.18. The molecule has 3 nitrogen and oxygen atoms in total. The Labute approximate surface area is 278 Å². The summed E-state index contributed by atoms with van der Waals surface area (Å²) >= 11 is 0. The summed E-state index contributed by atoms with van der Waals surface area (Å²) in [7, 11) is 0. The number of fused-ring (bicyclic) bond motifs is 3. The van der Waals surface area contributed by atoms with E-state index in [1.165, 1.54) is 38.2 Å². The molecule has 0 radical (unpaired) electrons. The van der Waals surface area contributed by atoms with Crippen LogP contribution in [-0.4, -0.2) is 15.0 Å². The lowest BCUT2D eigenvalue weighted by atomic mass is 9.86. The van der Waals surface area contributed by atoms with Crippen LogP contribution in [0.5, 0.6) is 0 Å². The van der Waals surface area contributed by atoms with E-state index >= 15 is 0 Å². The van der Waals surface area contributed by atoms with Gasteiger partial charge in [0.1, 0.15) is 0 Å². The summed E-state index contributed by atoms with van der Waals surface area (Å²) < 4.78 is 0. The fourth-order valence-corrected chi connectivity index (χ4v) is 6.93. The van der Waals surface area contributed by atoms with E-state index in [0.717, 1.165) is 33.0 Å². The molecule has 0 saturated heterocycles. The zero-order valence-electron chi connectivity index (χ0n) is 26.1. The molecule has 0 saturated carbocycles. The largest absolute Gasteiger partial charge is 0.208 e. The second-order valence-corrected chi connectivity index (χ2v) is 12.0. The van der Waals surface area contributed by atoms with Gasteiger partial charge in [-0.1, -0.05) is 170 Å². The lowest BCUT2D eigenvalue weighted by Crippen LogP contribution is -2.00. The predicted octanol–water partition coefficient (Wildman–Crippen LogP) is 11.7. The quantitative estimate of drug-likeness (QED) is 0.182. The van der Waals surface area contributed by atoms with Gasteiger partial charge >= 0.3 is 0 Å². The highest BCUT2D eigenvalue weighted by Gasteiger charge is 2.18. The SMILES string of the molecule is c1ccc(-c2nc(-c3cccc(-c4c5ccccc5c(-c5ccccc5)c5ccccc45)c3)nc(-c3cccc4ccccc34)n2)cc1. The highest BCUT2D eigenvalue weighted by atomic mass is 15.0. The minimum absolute atomic E-state index is 0.642. The van der Waals surface area contributed by atoms with E-state index in [9.17, 15) is 0 Å². The van der Waals surface area contributed by atoms with Crippen LogP contribution in [0.15, 0.2) is 176 Å². The maximum atomic E-state index is 5.14. The fourth-order valence-electron chi connectivity index (χ4n) is 6.93. The molecule has 9 aromatic rings. The molecule has 0 unspecified atom stereocenters. The van der Waals surface area contributed by atoms with Crippen molar-refractivity contribution in [1.82, 2.24) is 15.0 Å². The number of rotatable bonds is 5. The van der Waals surface area contributed by atoms with Crippen molar-refractivity contribution < 1.29 is 0 Å². The van der Waals surface area contributed by atoms with Crippen molar-refractivity contribution in [3.05, 3.63) is 176 Å².